The standard InChI is InChI=1S/C8H8O3.C6H14O2/c9-8(10)11-6-7-4-2-1-3-5-7;7-5-3-1-2-4-6-8/h1-5H,6H2,(H,9,10);7-8H,1-6H2. The summed E-state index contributed by atoms with van der Waals surface area (Å²) in [6, 6.07) is 9.15. The summed E-state index contributed by atoms with van der Waals surface area (Å²) in [5.74, 6) is 0. The van der Waals surface area contributed by atoms with Crippen LogP contribution in [0.15, 0.2) is 30.3 Å². The Kier molecular flexibility index (Phi) is 11.8. The van der Waals surface area contributed by atoms with E-state index in [1.54, 1.807) is 0 Å². The molecular formula is C14H22O5. The van der Waals surface area contributed by atoms with Crippen LogP contribution in [0.3, 0.4) is 0 Å². The van der Waals surface area contributed by atoms with Gasteiger partial charge >= 0.3 is 6.16 Å². The van der Waals surface area contributed by atoms with Crippen molar-refractivity contribution in [2.75, 3.05) is 13.2 Å². The average Bonchev–Trinajstić information content (AvgIpc) is 2.43. The predicted molar refractivity (Wildman–Crippen MR) is 71.9 cm³/mol. The molecule has 0 spiro atoms. The number of aliphatic hydroxyl groups excluding tert-OH is 2. The second-order valence-corrected chi connectivity index (χ2v) is 3.90. The van der Waals surface area contributed by atoms with Crippen LogP contribution in [-0.2, 0) is 11.3 Å². The van der Waals surface area contributed by atoms with E-state index in [1.165, 1.54) is 0 Å². The number of aliphatic hydroxyl groups is 2. The molecule has 3 N–H and O–H groups in total. The second-order valence-electron chi connectivity index (χ2n) is 3.90. The van der Waals surface area contributed by atoms with E-state index < -0.39 is 6.16 Å². The Bertz CT molecular complexity index is 307. The van der Waals surface area contributed by atoms with E-state index in [4.69, 9.17) is 15.3 Å². The zero-order valence-electron chi connectivity index (χ0n) is 11.0. The molecule has 5 nitrogen and oxygen atoms in total. The molecule has 0 unspecified atom stereocenters. The van der Waals surface area contributed by atoms with Crippen molar-refractivity contribution >= 4 is 6.16 Å². The van der Waals surface area contributed by atoms with Crippen molar-refractivity contribution < 1.29 is 24.9 Å². The number of carboxylic acid groups (broad SMARTS) is 1. The van der Waals surface area contributed by atoms with E-state index >= 15 is 0 Å². The van der Waals surface area contributed by atoms with Crippen LogP contribution in [0.5, 0.6) is 0 Å². The highest BCUT2D eigenvalue weighted by atomic mass is 16.7. The third-order valence-electron chi connectivity index (χ3n) is 2.27. The van der Waals surface area contributed by atoms with Gasteiger partial charge in [-0.05, 0) is 18.4 Å². The van der Waals surface area contributed by atoms with Crippen molar-refractivity contribution in [1.82, 2.24) is 0 Å². The molecule has 1 aromatic carbocycles. The molecule has 0 aromatic heterocycles. The van der Waals surface area contributed by atoms with Crippen LogP contribution in [0, 0.1) is 0 Å². The summed E-state index contributed by atoms with van der Waals surface area (Å²) in [7, 11) is 0. The Morgan fingerprint density at radius 2 is 1.47 bits per heavy atom. The van der Waals surface area contributed by atoms with Crippen LogP contribution in [-0.4, -0.2) is 34.7 Å². The van der Waals surface area contributed by atoms with Gasteiger partial charge in [0, 0.05) is 13.2 Å². The number of benzene rings is 1. The number of hydrogen-bond donors (Lipinski definition) is 3. The molecule has 0 amide bonds. The molecule has 1 rings (SSSR count). The lowest BCUT2D eigenvalue weighted by Crippen LogP contribution is -1.99. The quantitative estimate of drug-likeness (QED) is 0.523. The van der Waals surface area contributed by atoms with Gasteiger partial charge < -0.3 is 20.1 Å². The Morgan fingerprint density at radius 3 is 1.89 bits per heavy atom. The van der Waals surface area contributed by atoms with E-state index in [1.807, 2.05) is 30.3 Å². The largest absolute Gasteiger partial charge is 0.506 e. The topological polar surface area (TPSA) is 87.0 Å². The Hall–Kier alpha value is -1.59. The molecule has 0 heterocycles. The van der Waals surface area contributed by atoms with E-state index in [-0.39, 0.29) is 19.8 Å². The molecule has 0 aliphatic rings. The molecule has 0 saturated heterocycles. The minimum Gasteiger partial charge on any atom is -0.450 e. The maximum Gasteiger partial charge on any atom is 0.506 e. The third-order valence-corrected chi connectivity index (χ3v) is 2.27. The van der Waals surface area contributed by atoms with Gasteiger partial charge in [0.2, 0.25) is 0 Å². The van der Waals surface area contributed by atoms with Gasteiger partial charge in [-0.2, -0.15) is 0 Å². The number of hydrogen-bond acceptors (Lipinski definition) is 4. The lowest BCUT2D eigenvalue weighted by Gasteiger charge is -1.98. The molecule has 0 saturated carbocycles. The van der Waals surface area contributed by atoms with Crippen molar-refractivity contribution in [3.05, 3.63) is 35.9 Å². The Balaban J connectivity index is 0.000000362. The van der Waals surface area contributed by atoms with Crippen molar-refractivity contribution in [3.63, 3.8) is 0 Å². The molecule has 19 heavy (non-hydrogen) atoms. The van der Waals surface area contributed by atoms with Gasteiger partial charge in [-0.15, -0.1) is 0 Å². The highest BCUT2D eigenvalue weighted by Crippen LogP contribution is 1.99. The fourth-order valence-corrected chi connectivity index (χ4v) is 1.30. The highest BCUT2D eigenvalue weighted by Gasteiger charge is 1.95. The first-order valence-electron chi connectivity index (χ1n) is 6.32. The fraction of sp³-hybridized carbons (Fsp3) is 0.500. The first-order valence-corrected chi connectivity index (χ1v) is 6.32. The number of ether oxygens (including phenoxy) is 1. The monoisotopic (exact) mass is 270 g/mol. The van der Waals surface area contributed by atoms with Crippen LogP contribution in [0.25, 0.3) is 0 Å². The summed E-state index contributed by atoms with van der Waals surface area (Å²) < 4.78 is 4.34. The second kappa shape index (κ2) is 12.9. The lowest BCUT2D eigenvalue weighted by atomic mass is 10.2. The van der Waals surface area contributed by atoms with Gasteiger partial charge in [0.1, 0.15) is 6.61 Å². The van der Waals surface area contributed by atoms with Gasteiger partial charge in [0.15, 0.2) is 0 Å². The van der Waals surface area contributed by atoms with Gasteiger partial charge in [-0.25, -0.2) is 4.79 Å². The normalized spacial score (nSPS) is 9.37. The van der Waals surface area contributed by atoms with Gasteiger partial charge in [0.25, 0.3) is 0 Å². The summed E-state index contributed by atoms with van der Waals surface area (Å²) in [5, 5.41) is 24.8. The van der Waals surface area contributed by atoms with Crippen LogP contribution >= 0.6 is 0 Å². The summed E-state index contributed by atoms with van der Waals surface area (Å²) in [6.07, 6.45) is 2.59. The van der Waals surface area contributed by atoms with Crippen molar-refractivity contribution in [3.8, 4) is 0 Å². The highest BCUT2D eigenvalue weighted by molar-refractivity contribution is 5.56. The molecule has 5 heteroatoms. The maximum absolute atomic E-state index is 9.95. The van der Waals surface area contributed by atoms with Crippen molar-refractivity contribution in [2.45, 2.75) is 32.3 Å². The first-order chi connectivity index (χ1) is 9.20. The third kappa shape index (κ3) is 12.7. The van der Waals surface area contributed by atoms with Gasteiger partial charge in [-0.3, -0.25) is 0 Å². The Labute approximate surface area is 113 Å². The summed E-state index contributed by atoms with van der Waals surface area (Å²) in [5.41, 5.74) is 0.856. The van der Waals surface area contributed by atoms with Crippen molar-refractivity contribution in [2.24, 2.45) is 0 Å². The van der Waals surface area contributed by atoms with Crippen molar-refractivity contribution in [1.29, 1.82) is 0 Å². The number of rotatable bonds is 7. The molecule has 0 fully saturated rings. The van der Waals surface area contributed by atoms with E-state index in [0.717, 1.165) is 31.2 Å². The summed E-state index contributed by atoms with van der Waals surface area (Å²) >= 11 is 0. The van der Waals surface area contributed by atoms with Crippen LogP contribution in [0.4, 0.5) is 4.79 Å². The van der Waals surface area contributed by atoms with Crippen LogP contribution < -0.4 is 0 Å². The molecular weight excluding hydrogens is 248 g/mol. The predicted octanol–water partition coefficient (Wildman–Crippen LogP) is 2.41. The fourth-order valence-electron chi connectivity index (χ4n) is 1.30. The summed E-state index contributed by atoms with van der Waals surface area (Å²) in [6.45, 7) is 0.688. The molecule has 0 atom stereocenters. The van der Waals surface area contributed by atoms with Gasteiger partial charge in [-0.1, -0.05) is 43.2 Å². The van der Waals surface area contributed by atoms with E-state index in [2.05, 4.69) is 4.74 Å². The smallest absolute Gasteiger partial charge is 0.450 e. The minimum absolute atomic E-state index is 0.121. The number of carbonyl (C=O) groups is 1. The lowest BCUT2D eigenvalue weighted by molar-refractivity contribution is 0.0854. The number of unbranched alkanes of at least 4 members (excludes halogenated alkanes) is 3. The van der Waals surface area contributed by atoms with Crippen LogP contribution in [0.1, 0.15) is 31.2 Å². The Morgan fingerprint density at radius 1 is 0.947 bits per heavy atom. The zero-order valence-corrected chi connectivity index (χ0v) is 11.0. The average molecular weight is 270 g/mol. The molecule has 1 aromatic rings. The van der Waals surface area contributed by atoms with E-state index in [9.17, 15) is 4.79 Å². The minimum atomic E-state index is -1.24. The molecule has 0 aliphatic heterocycles. The zero-order chi connectivity index (χ0) is 14.3. The molecule has 108 valence electrons. The SMILES string of the molecule is O=C(O)OCc1ccccc1.OCCCCCCO. The molecule has 0 bridgehead atoms. The maximum atomic E-state index is 9.95. The summed E-state index contributed by atoms with van der Waals surface area (Å²) in [4.78, 5) is 9.95. The van der Waals surface area contributed by atoms with Gasteiger partial charge in [0.05, 0.1) is 0 Å². The van der Waals surface area contributed by atoms with E-state index in [0.29, 0.717) is 0 Å². The first kappa shape index (κ1) is 17.4. The molecule has 0 radical (unpaired) electrons. The van der Waals surface area contributed by atoms with Crippen LogP contribution in [0.2, 0.25) is 0 Å². The molecule has 0 aliphatic carbocycles.